The highest BCUT2D eigenvalue weighted by Crippen LogP contribution is 2.26. The van der Waals surface area contributed by atoms with Gasteiger partial charge in [-0.3, -0.25) is 0 Å². The predicted octanol–water partition coefficient (Wildman–Crippen LogP) is 2.62. The molecule has 15 heavy (non-hydrogen) atoms. The zero-order valence-corrected chi connectivity index (χ0v) is 11.5. The van der Waals surface area contributed by atoms with Crippen LogP contribution < -0.4 is 9.16 Å². The standard InChI is InChI=1S/C12H20O2Si/c1-12(2,3)9-15-14-11-8-6-5-7-10(11)13-4/h5-8H,9,15H2,1-4H3. The van der Waals surface area contributed by atoms with Gasteiger partial charge in [-0.15, -0.1) is 0 Å². The van der Waals surface area contributed by atoms with Gasteiger partial charge in [-0.1, -0.05) is 32.9 Å². The van der Waals surface area contributed by atoms with Gasteiger partial charge in [0.2, 0.25) is 9.76 Å². The van der Waals surface area contributed by atoms with Gasteiger partial charge in [-0.2, -0.15) is 0 Å². The highest BCUT2D eigenvalue weighted by Gasteiger charge is 2.11. The summed E-state index contributed by atoms with van der Waals surface area (Å²) in [4.78, 5) is 0. The summed E-state index contributed by atoms with van der Waals surface area (Å²) in [5, 5.41) is 0. The minimum absolute atomic E-state index is 0.369. The van der Waals surface area contributed by atoms with Gasteiger partial charge >= 0.3 is 0 Å². The first kappa shape index (κ1) is 12.1. The van der Waals surface area contributed by atoms with Gasteiger partial charge in [0, 0.05) is 0 Å². The summed E-state index contributed by atoms with van der Waals surface area (Å²) < 4.78 is 11.0. The van der Waals surface area contributed by atoms with Crippen molar-refractivity contribution in [2.75, 3.05) is 7.11 Å². The Morgan fingerprint density at radius 2 is 1.73 bits per heavy atom. The average molecular weight is 224 g/mol. The Balaban J connectivity index is 2.50. The maximum absolute atomic E-state index is 5.82. The molecule has 0 spiro atoms. The van der Waals surface area contributed by atoms with Crippen molar-refractivity contribution in [1.82, 2.24) is 0 Å². The molecule has 0 bridgehead atoms. The van der Waals surface area contributed by atoms with Crippen molar-refractivity contribution < 1.29 is 9.16 Å². The minimum atomic E-state index is -0.502. The van der Waals surface area contributed by atoms with Crippen LogP contribution in [-0.4, -0.2) is 16.9 Å². The number of hydrogen-bond acceptors (Lipinski definition) is 2. The number of para-hydroxylation sites is 2. The largest absolute Gasteiger partial charge is 0.547 e. The lowest BCUT2D eigenvalue weighted by Crippen LogP contribution is -2.13. The van der Waals surface area contributed by atoms with Crippen LogP contribution in [0.3, 0.4) is 0 Å². The minimum Gasteiger partial charge on any atom is -0.547 e. The molecule has 1 rings (SSSR count). The molecular formula is C12H20O2Si. The van der Waals surface area contributed by atoms with Crippen LogP contribution in [-0.2, 0) is 0 Å². The number of rotatable bonds is 4. The molecule has 0 saturated heterocycles. The van der Waals surface area contributed by atoms with E-state index in [1.54, 1.807) is 7.11 Å². The van der Waals surface area contributed by atoms with Crippen molar-refractivity contribution in [3.8, 4) is 11.5 Å². The van der Waals surface area contributed by atoms with E-state index in [1.165, 1.54) is 6.04 Å². The van der Waals surface area contributed by atoms with Crippen LogP contribution >= 0.6 is 0 Å². The molecule has 1 aromatic carbocycles. The molecule has 0 unspecified atom stereocenters. The van der Waals surface area contributed by atoms with Crippen LogP contribution in [0, 0.1) is 5.41 Å². The zero-order chi connectivity index (χ0) is 11.3. The summed E-state index contributed by atoms with van der Waals surface area (Å²) in [6.45, 7) is 6.72. The first-order valence-corrected chi connectivity index (χ1v) is 6.86. The fourth-order valence-corrected chi connectivity index (χ4v) is 2.38. The van der Waals surface area contributed by atoms with Crippen LogP contribution in [0.15, 0.2) is 24.3 Å². The van der Waals surface area contributed by atoms with Crippen molar-refractivity contribution in [3.63, 3.8) is 0 Å². The van der Waals surface area contributed by atoms with Gasteiger partial charge in [-0.25, -0.2) is 0 Å². The Morgan fingerprint density at radius 1 is 1.13 bits per heavy atom. The molecule has 2 nitrogen and oxygen atoms in total. The Bertz CT molecular complexity index is 305. The highest BCUT2D eigenvalue weighted by molar-refractivity contribution is 6.28. The first-order chi connectivity index (χ1) is 7.03. The molecule has 0 aliphatic heterocycles. The van der Waals surface area contributed by atoms with E-state index in [2.05, 4.69) is 20.8 Å². The third kappa shape index (κ3) is 4.38. The second kappa shape index (κ2) is 5.21. The number of hydrogen-bond donors (Lipinski definition) is 0. The van der Waals surface area contributed by atoms with Crippen LogP contribution in [0.25, 0.3) is 0 Å². The highest BCUT2D eigenvalue weighted by atomic mass is 28.2. The zero-order valence-electron chi connectivity index (χ0n) is 10.0. The smallest absolute Gasteiger partial charge is 0.220 e. The molecule has 0 aliphatic rings. The molecule has 0 saturated carbocycles. The van der Waals surface area contributed by atoms with E-state index in [4.69, 9.17) is 9.16 Å². The Morgan fingerprint density at radius 3 is 2.27 bits per heavy atom. The molecule has 0 N–H and O–H groups in total. The molecule has 84 valence electrons. The van der Waals surface area contributed by atoms with E-state index in [9.17, 15) is 0 Å². The van der Waals surface area contributed by atoms with Crippen molar-refractivity contribution in [2.45, 2.75) is 26.8 Å². The Labute approximate surface area is 94.5 Å². The monoisotopic (exact) mass is 224 g/mol. The Hall–Kier alpha value is -0.963. The summed E-state index contributed by atoms with van der Waals surface area (Å²) in [6, 6.07) is 9.00. The van der Waals surface area contributed by atoms with Crippen LogP contribution in [0.5, 0.6) is 11.5 Å². The van der Waals surface area contributed by atoms with E-state index >= 15 is 0 Å². The lowest BCUT2D eigenvalue weighted by atomic mass is 10.0. The van der Waals surface area contributed by atoms with Crippen LogP contribution in [0.2, 0.25) is 6.04 Å². The van der Waals surface area contributed by atoms with E-state index in [1.807, 2.05) is 24.3 Å². The molecule has 0 aromatic heterocycles. The van der Waals surface area contributed by atoms with Gasteiger partial charge in [0.1, 0.15) is 5.75 Å². The van der Waals surface area contributed by atoms with Gasteiger partial charge in [-0.05, 0) is 23.6 Å². The van der Waals surface area contributed by atoms with Crippen molar-refractivity contribution >= 4 is 9.76 Å². The lowest BCUT2D eigenvalue weighted by molar-refractivity contribution is 0.391. The molecule has 3 heteroatoms. The van der Waals surface area contributed by atoms with Crippen LogP contribution in [0.4, 0.5) is 0 Å². The summed E-state index contributed by atoms with van der Waals surface area (Å²) in [5.41, 5.74) is 0.369. The Kier molecular flexibility index (Phi) is 4.21. The van der Waals surface area contributed by atoms with Crippen molar-refractivity contribution in [3.05, 3.63) is 24.3 Å². The van der Waals surface area contributed by atoms with E-state index in [0.29, 0.717) is 5.41 Å². The summed E-state index contributed by atoms with van der Waals surface area (Å²) >= 11 is 0. The fraction of sp³-hybridized carbons (Fsp3) is 0.500. The summed E-state index contributed by atoms with van der Waals surface area (Å²) in [6.07, 6.45) is 0. The summed E-state index contributed by atoms with van der Waals surface area (Å²) in [7, 11) is 1.17. The molecule has 1 aromatic rings. The maximum atomic E-state index is 5.82. The second-order valence-electron chi connectivity index (χ2n) is 4.81. The SMILES string of the molecule is COc1ccccc1O[SiH2]CC(C)(C)C. The molecule has 0 radical (unpaired) electrons. The van der Waals surface area contributed by atoms with E-state index in [0.717, 1.165) is 11.5 Å². The molecule has 0 heterocycles. The van der Waals surface area contributed by atoms with Gasteiger partial charge < -0.3 is 9.16 Å². The van der Waals surface area contributed by atoms with Gasteiger partial charge in [0.05, 0.1) is 7.11 Å². The second-order valence-corrected chi connectivity index (χ2v) is 6.01. The van der Waals surface area contributed by atoms with Crippen molar-refractivity contribution in [1.29, 1.82) is 0 Å². The third-order valence-corrected chi connectivity index (χ3v) is 4.40. The molecular weight excluding hydrogens is 204 g/mol. The first-order valence-electron chi connectivity index (χ1n) is 5.29. The molecule has 0 amide bonds. The number of benzene rings is 1. The third-order valence-electron chi connectivity index (χ3n) is 2.18. The van der Waals surface area contributed by atoms with E-state index < -0.39 is 9.76 Å². The average Bonchev–Trinajstić information content (AvgIpc) is 2.16. The quantitative estimate of drug-likeness (QED) is 0.732. The molecule has 0 fully saturated rings. The normalized spacial score (nSPS) is 12.0. The summed E-state index contributed by atoms with van der Waals surface area (Å²) in [5.74, 6) is 1.72. The topological polar surface area (TPSA) is 18.5 Å². The lowest BCUT2D eigenvalue weighted by Gasteiger charge is -2.18. The molecule has 0 atom stereocenters. The fourth-order valence-electron chi connectivity index (χ4n) is 1.21. The predicted molar refractivity (Wildman–Crippen MR) is 66.4 cm³/mol. The number of ether oxygens (including phenoxy) is 1. The van der Waals surface area contributed by atoms with E-state index in [-0.39, 0.29) is 0 Å². The maximum Gasteiger partial charge on any atom is 0.220 e. The van der Waals surface area contributed by atoms with Crippen LogP contribution in [0.1, 0.15) is 20.8 Å². The van der Waals surface area contributed by atoms with Gasteiger partial charge in [0.15, 0.2) is 5.75 Å². The molecule has 0 aliphatic carbocycles. The number of methoxy groups -OCH3 is 1. The van der Waals surface area contributed by atoms with Crippen molar-refractivity contribution in [2.24, 2.45) is 5.41 Å². The van der Waals surface area contributed by atoms with Gasteiger partial charge in [0.25, 0.3) is 0 Å².